The van der Waals surface area contributed by atoms with Gasteiger partial charge in [-0.2, -0.15) is 0 Å². The third-order valence-corrected chi connectivity index (χ3v) is 4.96. The fourth-order valence-electron chi connectivity index (χ4n) is 3.85. The first-order valence-corrected chi connectivity index (χ1v) is 7.92. The van der Waals surface area contributed by atoms with E-state index in [9.17, 15) is 4.79 Å². The molecular weight excluding hydrogens is 302 g/mol. The molecule has 2 saturated heterocycles. The van der Waals surface area contributed by atoms with Gasteiger partial charge >= 0.3 is 0 Å². The first-order chi connectivity index (χ1) is 9.06. The maximum atomic E-state index is 11.8. The van der Waals surface area contributed by atoms with Gasteiger partial charge in [-0.25, -0.2) is 0 Å². The van der Waals surface area contributed by atoms with E-state index in [4.69, 9.17) is 0 Å². The van der Waals surface area contributed by atoms with Gasteiger partial charge in [0, 0.05) is 35.1 Å². The van der Waals surface area contributed by atoms with E-state index in [1.807, 2.05) is 0 Å². The Labute approximate surface area is 123 Å². The average molecular weight is 322 g/mol. The molecule has 1 aromatic carbocycles. The molecule has 2 aliphatic heterocycles. The number of halogens is 1. The molecule has 2 unspecified atom stereocenters. The van der Waals surface area contributed by atoms with Gasteiger partial charge in [-0.1, -0.05) is 15.9 Å². The van der Waals surface area contributed by atoms with E-state index < -0.39 is 0 Å². The highest BCUT2D eigenvalue weighted by Gasteiger charge is 2.38. The molecule has 2 atom stereocenters. The summed E-state index contributed by atoms with van der Waals surface area (Å²) < 4.78 is 1.14. The summed E-state index contributed by atoms with van der Waals surface area (Å²) in [5.74, 6) is 0.457. The minimum Gasteiger partial charge on any atom is -0.364 e. The molecule has 2 bridgehead atoms. The Bertz CT molecular complexity index is 486. The summed E-state index contributed by atoms with van der Waals surface area (Å²) in [5.41, 5.74) is 4.00. The number of hydrogen-bond acceptors (Lipinski definition) is 2. The molecule has 0 spiro atoms. The van der Waals surface area contributed by atoms with Crippen molar-refractivity contribution in [2.24, 2.45) is 0 Å². The van der Waals surface area contributed by atoms with E-state index in [2.05, 4.69) is 46.8 Å². The zero-order valence-corrected chi connectivity index (χ0v) is 13.2. The standard InChI is InChI=1S/C16H20BrNO/c1-10-6-12(17)7-11(2)16(10)18-13-4-3-5-14(18)9-15(19)8-13/h6-7,13-14H,3-5,8-9H2,1-2H3. The third kappa shape index (κ3) is 2.33. The van der Waals surface area contributed by atoms with Gasteiger partial charge in [-0.3, -0.25) is 4.79 Å². The fraction of sp³-hybridized carbons (Fsp3) is 0.562. The summed E-state index contributed by atoms with van der Waals surface area (Å²) in [4.78, 5) is 14.4. The summed E-state index contributed by atoms with van der Waals surface area (Å²) in [6.45, 7) is 4.36. The van der Waals surface area contributed by atoms with Gasteiger partial charge in [0.25, 0.3) is 0 Å². The topological polar surface area (TPSA) is 20.3 Å². The Morgan fingerprint density at radius 1 is 1.11 bits per heavy atom. The van der Waals surface area contributed by atoms with Crippen LogP contribution in [0.3, 0.4) is 0 Å². The highest BCUT2D eigenvalue weighted by atomic mass is 79.9. The molecule has 2 aliphatic rings. The van der Waals surface area contributed by atoms with Crippen molar-refractivity contribution in [1.29, 1.82) is 0 Å². The van der Waals surface area contributed by atoms with Crippen LogP contribution in [0.15, 0.2) is 16.6 Å². The third-order valence-electron chi connectivity index (χ3n) is 4.50. The average Bonchev–Trinajstić information content (AvgIpc) is 2.28. The van der Waals surface area contributed by atoms with Crippen molar-refractivity contribution in [3.05, 3.63) is 27.7 Å². The normalized spacial score (nSPS) is 26.7. The highest BCUT2D eigenvalue weighted by molar-refractivity contribution is 9.10. The molecule has 0 aromatic heterocycles. The predicted octanol–water partition coefficient (Wildman–Crippen LogP) is 4.16. The lowest BCUT2D eigenvalue weighted by Crippen LogP contribution is -2.53. The maximum absolute atomic E-state index is 11.8. The van der Waals surface area contributed by atoms with Gasteiger partial charge in [0.1, 0.15) is 5.78 Å². The molecule has 102 valence electrons. The minimum absolute atomic E-state index is 0.429. The molecule has 3 rings (SSSR count). The van der Waals surface area contributed by atoms with Crippen molar-refractivity contribution in [2.45, 2.75) is 58.0 Å². The Hall–Kier alpha value is -0.830. The number of carbonyl (C=O) groups excluding carboxylic acids is 1. The second kappa shape index (κ2) is 4.93. The van der Waals surface area contributed by atoms with Crippen molar-refractivity contribution >= 4 is 27.4 Å². The van der Waals surface area contributed by atoms with Crippen LogP contribution in [0.1, 0.15) is 43.2 Å². The lowest BCUT2D eigenvalue weighted by atomic mass is 9.82. The first kappa shape index (κ1) is 13.2. The maximum Gasteiger partial charge on any atom is 0.137 e. The van der Waals surface area contributed by atoms with Gasteiger partial charge in [0.05, 0.1) is 0 Å². The van der Waals surface area contributed by atoms with Gasteiger partial charge < -0.3 is 4.90 Å². The predicted molar refractivity (Wildman–Crippen MR) is 81.8 cm³/mol. The lowest BCUT2D eigenvalue weighted by Gasteiger charge is -2.48. The second-order valence-corrected chi connectivity index (χ2v) is 6.90. The molecule has 0 amide bonds. The summed E-state index contributed by atoms with van der Waals surface area (Å²) in [5, 5.41) is 0. The van der Waals surface area contributed by atoms with Crippen molar-refractivity contribution in [3.63, 3.8) is 0 Å². The van der Waals surface area contributed by atoms with Gasteiger partial charge in [-0.15, -0.1) is 0 Å². The number of anilines is 1. The van der Waals surface area contributed by atoms with Gasteiger partial charge in [0.15, 0.2) is 0 Å². The number of ketones is 1. The Kier molecular flexibility index (Phi) is 3.42. The monoisotopic (exact) mass is 321 g/mol. The minimum atomic E-state index is 0.429. The molecule has 19 heavy (non-hydrogen) atoms. The van der Waals surface area contributed by atoms with Crippen LogP contribution in [0.4, 0.5) is 5.69 Å². The molecule has 0 radical (unpaired) electrons. The zero-order valence-electron chi connectivity index (χ0n) is 11.6. The molecule has 2 nitrogen and oxygen atoms in total. The van der Waals surface area contributed by atoms with Gasteiger partial charge in [0.2, 0.25) is 0 Å². The zero-order chi connectivity index (χ0) is 13.6. The molecular formula is C16H20BrNO. The summed E-state index contributed by atoms with van der Waals surface area (Å²) >= 11 is 3.57. The van der Waals surface area contributed by atoms with Crippen LogP contribution < -0.4 is 4.90 Å². The number of benzene rings is 1. The van der Waals surface area contributed by atoms with Crippen LogP contribution in [0.2, 0.25) is 0 Å². The van der Waals surface area contributed by atoms with Crippen LogP contribution >= 0.6 is 15.9 Å². The van der Waals surface area contributed by atoms with Crippen molar-refractivity contribution in [1.82, 2.24) is 0 Å². The van der Waals surface area contributed by atoms with Crippen LogP contribution in [-0.2, 0) is 4.79 Å². The van der Waals surface area contributed by atoms with E-state index in [1.165, 1.54) is 23.2 Å². The van der Waals surface area contributed by atoms with E-state index in [1.54, 1.807) is 0 Å². The van der Waals surface area contributed by atoms with Crippen LogP contribution in [-0.4, -0.2) is 17.9 Å². The molecule has 0 saturated carbocycles. The number of aryl methyl sites for hydroxylation is 2. The van der Waals surface area contributed by atoms with Crippen LogP contribution in [0, 0.1) is 13.8 Å². The smallest absolute Gasteiger partial charge is 0.137 e. The summed E-state index contributed by atoms with van der Waals surface area (Å²) in [6, 6.07) is 5.24. The SMILES string of the molecule is Cc1cc(Br)cc(C)c1N1C2CCCC1CC(=O)C2. The van der Waals surface area contributed by atoms with Crippen molar-refractivity contribution < 1.29 is 4.79 Å². The number of nitrogens with zero attached hydrogens (tertiary/aromatic N) is 1. The van der Waals surface area contributed by atoms with Crippen LogP contribution in [0.5, 0.6) is 0 Å². The molecule has 1 aromatic rings. The van der Waals surface area contributed by atoms with E-state index in [0.29, 0.717) is 17.9 Å². The number of fused-ring (bicyclic) bond motifs is 2. The summed E-state index contributed by atoms with van der Waals surface area (Å²) in [6.07, 6.45) is 5.08. The number of Topliss-reactive ketones (excluding diaryl/α,β-unsaturated/α-hetero) is 1. The fourth-order valence-corrected chi connectivity index (χ4v) is 4.54. The second-order valence-electron chi connectivity index (χ2n) is 5.98. The number of carbonyl (C=O) groups is 1. The molecule has 0 aliphatic carbocycles. The van der Waals surface area contributed by atoms with Gasteiger partial charge in [-0.05, 0) is 56.4 Å². The summed E-state index contributed by atoms with van der Waals surface area (Å²) in [7, 11) is 0. The number of hydrogen-bond donors (Lipinski definition) is 0. The quantitative estimate of drug-likeness (QED) is 0.774. The number of rotatable bonds is 1. The van der Waals surface area contributed by atoms with Crippen LogP contribution in [0.25, 0.3) is 0 Å². The van der Waals surface area contributed by atoms with E-state index in [0.717, 1.165) is 30.2 Å². The largest absolute Gasteiger partial charge is 0.364 e. The molecule has 2 fully saturated rings. The Morgan fingerprint density at radius 2 is 1.63 bits per heavy atom. The van der Waals surface area contributed by atoms with E-state index in [-0.39, 0.29) is 0 Å². The highest BCUT2D eigenvalue weighted by Crippen LogP contribution is 2.40. The van der Waals surface area contributed by atoms with Crippen molar-refractivity contribution in [2.75, 3.05) is 4.90 Å². The number of piperidine rings is 2. The lowest BCUT2D eigenvalue weighted by molar-refractivity contribution is -0.121. The Morgan fingerprint density at radius 3 is 2.16 bits per heavy atom. The molecule has 3 heteroatoms. The molecule has 0 N–H and O–H groups in total. The first-order valence-electron chi connectivity index (χ1n) is 7.13. The van der Waals surface area contributed by atoms with Crippen molar-refractivity contribution in [3.8, 4) is 0 Å². The Balaban J connectivity index is 2.04. The van der Waals surface area contributed by atoms with E-state index >= 15 is 0 Å². The molecule has 2 heterocycles.